The molecule has 7 nitrogen and oxygen atoms in total. The molecule has 3 aromatic rings. The van der Waals surface area contributed by atoms with E-state index >= 15 is 0 Å². The number of rotatable bonds is 6. The number of aromatic nitrogens is 2. The van der Waals surface area contributed by atoms with Crippen molar-refractivity contribution in [1.29, 1.82) is 0 Å². The fraction of sp³-hybridized carbons (Fsp3) is 0.150. The molecule has 1 amide bonds. The average molecular weight is 362 g/mol. The Morgan fingerprint density at radius 3 is 2.67 bits per heavy atom. The summed E-state index contributed by atoms with van der Waals surface area (Å²) in [6, 6.07) is 17.2. The molecule has 0 saturated carbocycles. The molecule has 0 spiro atoms. The normalized spacial score (nSPS) is 11.9. The molecule has 1 aromatic heterocycles. The number of fused-ring (bicyclic) bond motifs is 1. The lowest BCUT2D eigenvalue weighted by molar-refractivity contribution is 0.0945. The number of nitrogens with one attached hydrogen (secondary N) is 2. The van der Waals surface area contributed by atoms with Gasteiger partial charge >= 0.3 is 0 Å². The van der Waals surface area contributed by atoms with Crippen LogP contribution < -0.4 is 20.1 Å². The van der Waals surface area contributed by atoms with E-state index in [2.05, 4.69) is 20.6 Å². The minimum absolute atomic E-state index is 0.227. The van der Waals surface area contributed by atoms with Crippen LogP contribution in [0.3, 0.4) is 0 Å². The van der Waals surface area contributed by atoms with Crippen LogP contribution in [0.4, 0.5) is 5.82 Å². The number of anilines is 1. The Labute approximate surface area is 156 Å². The molecule has 0 aliphatic carbocycles. The van der Waals surface area contributed by atoms with Gasteiger partial charge in [0.2, 0.25) is 6.79 Å². The zero-order valence-electron chi connectivity index (χ0n) is 14.5. The molecule has 1 aliphatic rings. The molecule has 1 aliphatic heterocycles. The smallest absolute Gasteiger partial charge is 0.270 e. The van der Waals surface area contributed by atoms with Gasteiger partial charge in [0.25, 0.3) is 5.91 Å². The van der Waals surface area contributed by atoms with E-state index in [0.29, 0.717) is 30.4 Å². The second kappa shape index (κ2) is 7.74. The Kier molecular flexibility index (Phi) is 4.82. The summed E-state index contributed by atoms with van der Waals surface area (Å²) in [6.07, 6.45) is 1.38. The maximum Gasteiger partial charge on any atom is 0.270 e. The maximum atomic E-state index is 12.4. The molecule has 0 bridgehead atoms. The van der Waals surface area contributed by atoms with Gasteiger partial charge < -0.3 is 20.1 Å². The van der Waals surface area contributed by atoms with E-state index in [4.69, 9.17) is 9.47 Å². The van der Waals surface area contributed by atoms with Crippen molar-refractivity contribution >= 4 is 11.7 Å². The Balaban J connectivity index is 1.36. The van der Waals surface area contributed by atoms with Gasteiger partial charge in [-0.25, -0.2) is 9.97 Å². The molecule has 136 valence electrons. The van der Waals surface area contributed by atoms with Gasteiger partial charge in [0.15, 0.2) is 11.5 Å². The first-order chi connectivity index (χ1) is 13.3. The van der Waals surface area contributed by atoms with Crippen LogP contribution in [0.1, 0.15) is 21.6 Å². The van der Waals surface area contributed by atoms with Crippen LogP contribution in [-0.2, 0) is 13.1 Å². The van der Waals surface area contributed by atoms with Crippen molar-refractivity contribution in [2.45, 2.75) is 13.1 Å². The number of nitrogens with zero attached hydrogens (tertiary/aromatic N) is 2. The molecule has 7 heteroatoms. The topological polar surface area (TPSA) is 85.4 Å². The van der Waals surface area contributed by atoms with E-state index in [1.54, 1.807) is 6.07 Å². The number of carbonyl (C=O) groups is 1. The quantitative estimate of drug-likeness (QED) is 0.701. The van der Waals surface area contributed by atoms with Crippen molar-refractivity contribution in [3.63, 3.8) is 0 Å². The second-order valence-corrected chi connectivity index (χ2v) is 6.00. The lowest BCUT2D eigenvalue weighted by Crippen LogP contribution is -2.24. The first-order valence-corrected chi connectivity index (χ1v) is 8.54. The Morgan fingerprint density at radius 2 is 1.78 bits per heavy atom. The molecule has 4 rings (SSSR count). The van der Waals surface area contributed by atoms with Gasteiger partial charge in [-0.15, -0.1) is 0 Å². The summed E-state index contributed by atoms with van der Waals surface area (Å²) in [5.74, 6) is 1.74. The van der Waals surface area contributed by atoms with Crippen LogP contribution in [-0.4, -0.2) is 22.7 Å². The Hall–Kier alpha value is -3.61. The van der Waals surface area contributed by atoms with E-state index in [1.807, 2.05) is 48.5 Å². The van der Waals surface area contributed by atoms with E-state index in [0.717, 1.165) is 16.9 Å². The van der Waals surface area contributed by atoms with Crippen LogP contribution in [0.5, 0.6) is 11.5 Å². The van der Waals surface area contributed by atoms with Gasteiger partial charge in [-0.2, -0.15) is 0 Å². The largest absolute Gasteiger partial charge is 0.454 e. The number of benzene rings is 2. The molecule has 0 fully saturated rings. The summed E-state index contributed by atoms with van der Waals surface area (Å²) in [5, 5.41) is 6.05. The lowest BCUT2D eigenvalue weighted by Gasteiger charge is -2.08. The molecular weight excluding hydrogens is 344 g/mol. The number of hydrogen-bond acceptors (Lipinski definition) is 6. The van der Waals surface area contributed by atoms with Crippen LogP contribution in [0.2, 0.25) is 0 Å². The summed E-state index contributed by atoms with van der Waals surface area (Å²) in [6.45, 7) is 1.22. The second-order valence-electron chi connectivity index (χ2n) is 6.00. The predicted molar refractivity (Wildman–Crippen MR) is 99.5 cm³/mol. The summed E-state index contributed by atoms with van der Waals surface area (Å²) >= 11 is 0. The molecule has 2 aromatic carbocycles. The summed E-state index contributed by atoms with van der Waals surface area (Å²) in [5.41, 5.74) is 2.36. The number of ether oxygens (including phenoxy) is 2. The molecule has 0 unspecified atom stereocenters. The molecule has 0 atom stereocenters. The first kappa shape index (κ1) is 16.8. The van der Waals surface area contributed by atoms with E-state index in [9.17, 15) is 4.79 Å². The molecule has 0 saturated heterocycles. The third kappa shape index (κ3) is 4.14. The highest BCUT2D eigenvalue weighted by Crippen LogP contribution is 2.32. The van der Waals surface area contributed by atoms with Gasteiger partial charge in [0.05, 0.1) is 0 Å². The Bertz CT molecular complexity index is 947. The predicted octanol–water partition coefficient (Wildman–Crippen LogP) is 2.75. The van der Waals surface area contributed by atoms with Gasteiger partial charge in [0, 0.05) is 19.2 Å². The average Bonchev–Trinajstić information content (AvgIpc) is 3.19. The number of carbonyl (C=O) groups excluding carboxylic acids is 1. The monoisotopic (exact) mass is 362 g/mol. The van der Waals surface area contributed by atoms with Crippen molar-refractivity contribution in [2.75, 3.05) is 12.1 Å². The van der Waals surface area contributed by atoms with Crippen molar-refractivity contribution in [1.82, 2.24) is 15.3 Å². The molecule has 0 radical (unpaired) electrons. The summed E-state index contributed by atoms with van der Waals surface area (Å²) in [7, 11) is 0. The lowest BCUT2D eigenvalue weighted by atomic mass is 10.2. The van der Waals surface area contributed by atoms with Crippen molar-refractivity contribution in [3.05, 3.63) is 77.7 Å². The van der Waals surface area contributed by atoms with Crippen LogP contribution in [0, 0.1) is 0 Å². The third-order valence-corrected chi connectivity index (χ3v) is 4.11. The number of hydrogen-bond donors (Lipinski definition) is 2. The molecule has 2 N–H and O–H groups in total. The zero-order valence-corrected chi connectivity index (χ0v) is 14.5. The molecule has 27 heavy (non-hydrogen) atoms. The highest BCUT2D eigenvalue weighted by Gasteiger charge is 2.14. The molecule has 2 heterocycles. The first-order valence-electron chi connectivity index (χ1n) is 8.54. The number of amides is 1. The standard InChI is InChI=1S/C20H18N4O3/c25-20(22-11-15-6-7-17-18(8-15)27-13-26-17)16-9-19(24-12-23-16)21-10-14-4-2-1-3-5-14/h1-9,12H,10-11,13H2,(H,22,25)(H,21,23,24). The van der Waals surface area contributed by atoms with Crippen molar-refractivity contribution < 1.29 is 14.3 Å². The fourth-order valence-electron chi connectivity index (χ4n) is 2.69. The highest BCUT2D eigenvalue weighted by molar-refractivity contribution is 5.92. The third-order valence-electron chi connectivity index (χ3n) is 4.11. The minimum Gasteiger partial charge on any atom is -0.454 e. The fourth-order valence-corrected chi connectivity index (χ4v) is 2.69. The van der Waals surface area contributed by atoms with Gasteiger partial charge in [0.1, 0.15) is 17.8 Å². The van der Waals surface area contributed by atoms with E-state index < -0.39 is 0 Å². The summed E-state index contributed by atoms with van der Waals surface area (Å²) < 4.78 is 10.6. The SMILES string of the molecule is O=C(NCc1ccc2c(c1)OCO2)c1cc(NCc2ccccc2)ncn1. The van der Waals surface area contributed by atoms with Gasteiger partial charge in [-0.05, 0) is 23.3 Å². The van der Waals surface area contributed by atoms with Crippen LogP contribution in [0.15, 0.2) is 60.9 Å². The van der Waals surface area contributed by atoms with Crippen molar-refractivity contribution in [2.24, 2.45) is 0 Å². The summed E-state index contributed by atoms with van der Waals surface area (Å²) in [4.78, 5) is 20.6. The van der Waals surface area contributed by atoms with Gasteiger partial charge in [-0.3, -0.25) is 4.79 Å². The van der Waals surface area contributed by atoms with Gasteiger partial charge in [-0.1, -0.05) is 36.4 Å². The minimum atomic E-state index is -0.266. The molecular formula is C20H18N4O3. The van der Waals surface area contributed by atoms with Crippen molar-refractivity contribution in [3.8, 4) is 11.5 Å². The van der Waals surface area contributed by atoms with Crippen LogP contribution >= 0.6 is 0 Å². The Morgan fingerprint density at radius 1 is 0.926 bits per heavy atom. The zero-order chi connectivity index (χ0) is 18.5. The van der Waals surface area contributed by atoms with Crippen LogP contribution in [0.25, 0.3) is 0 Å². The van der Waals surface area contributed by atoms with E-state index in [1.165, 1.54) is 6.33 Å². The maximum absolute atomic E-state index is 12.4. The highest BCUT2D eigenvalue weighted by atomic mass is 16.7. The van der Waals surface area contributed by atoms with E-state index in [-0.39, 0.29) is 12.7 Å².